The van der Waals surface area contributed by atoms with Crippen molar-refractivity contribution in [1.29, 1.82) is 0 Å². The maximum atomic E-state index is 11.8. The zero-order valence-electron chi connectivity index (χ0n) is 13.6. The van der Waals surface area contributed by atoms with Crippen molar-refractivity contribution in [3.63, 3.8) is 0 Å². The van der Waals surface area contributed by atoms with Crippen LogP contribution in [0.15, 0.2) is 47.6 Å². The lowest BCUT2D eigenvalue weighted by Crippen LogP contribution is -2.19. The van der Waals surface area contributed by atoms with Gasteiger partial charge in [-0.1, -0.05) is 35.3 Å². The highest BCUT2D eigenvalue weighted by atomic mass is 35.5. The standard InChI is InChI=1S/C18H18Cl2N2O3/c1-12(13-4-2-5-15(23)10-13)21-22-18(24)6-3-9-25-17-8-7-14(19)11-16(17)20/h2,4-5,7-8,10-11,23H,3,6,9H2,1H3,(H,22,24). The minimum Gasteiger partial charge on any atom is -0.508 e. The molecule has 0 fully saturated rings. The smallest absolute Gasteiger partial charge is 0.240 e. The van der Waals surface area contributed by atoms with Crippen LogP contribution >= 0.6 is 23.2 Å². The Hall–Kier alpha value is -2.24. The number of benzene rings is 2. The molecule has 0 saturated heterocycles. The fourth-order valence-corrected chi connectivity index (χ4v) is 2.47. The number of carbonyl (C=O) groups is 1. The number of aromatic hydroxyl groups is 1. The molecule has 25 heavy (non-hydrogen) atoms. The number of phenolic OH excluding ortho intramolecular Hbond substituents is 1. The number of nitrogens with zero attached hydrogens (tertiary/aromatic N) is 1. The molecule has 0 unspecified atom stereocenters. The molecule has 1 amide bonds. The summed E-state index contributed by atoms with van der Waals surface area (Å²) in [5.41, 5.74) is 3.83. The normalized spacial score (nSPS) is 11.2. The van der Waals surface area contributed by atoms with Gasteiger partial charge in [0, 0.05) is 17.0 Å². The molecular formula is C18H18Cl2N2O3. The Labute approximate surface area is 156 Å². The Morgan fingerprint density at radius 3 is 2.76 bits per heavy atom. The van der Waals surface area contributed by atoms with E-state index in [2.05, 4.69) is 10.5 Å². The first-order valence-electron chi connectivity index (χ1n) is 7.66. The Morgan fingerprint density at radius 2 is 2.04 bits per heavy atom. The van der Waals surface area contributed by atoms with E-state index >= 15 is 0 Å². The quantitative estimate of drug-likeness (QED) is 0.424. The lowest BCUT2D eigenvalue weighted by Gasteiger charge is -2.08. The average Bonchev–Trinajstić information content (AvgIpc) is 2.58. The molecule has 5 nitrogen and oxygen atoms in total. The minimum absolute atomic E-state index is 0.149. The zero-order valence-corrected chi connectivity index (χ0v) is 15.1. The van der Waals surface area contributed by atoms with Gasteiger partial charge in [0.2, 0.25) is 5.91 Å². The third-order valence-electron chi connectivity index (χ3n) is 3.31. The summed E-state index contributed by atoms with van der Waals surface area (Å²) in [7, 11) is 0. The fourth-order valence-electron chi connectivity index (χ4n) is 2.00. The molecule has 0 aromatic heterocycles. The van der Waals surface area contributed by atoms with E-state index in [9.17, 15) is 9.90 Å². The average molecular weight is 381 g/mol. The first kappa shape index (κ1) is 19.1. The van der Waals surface area contributed by atoms with Gasteiger partial charge in [0.25, 0.3) is 0 Å². The van der Waals surface area contributed by atoms with Crippen molar-refractivity contribution in [2.24, 2.45) is 5.10 Å². The number of hydrogen-bond acceptors (Lipinski definition) is 4. The van der Waals surface area contributed by atoms with Gasteiger partial charge >= 0.3 is 0 Å². The number of carbonyl (C=O) groups excluding carboxylic acids is 1. The Morgan fingerprint density at radius 1 is 1.24 bits per heavy atom. The number of hydrazone groups is 1. The van der Waals surface area contributed by atoms with E-state index in [-0.39, 0.29) is 18.1 Å². The highest BCUT2D eigenvalue weighted by Crippen LogP contribution is 2.27. The number of rotatable bonds is 7. The molecule has 7 heteroatoms. The van der Waals surface area contributed by atoms with Crippen molar-refractivity contribution in [3.8, 4) is 11.5 Å². The second-order valence-corrected chi connectivity index (χ2v) is 6.15. The highest BCUT2D eigenvalue weighted by molar-refractivity contribution is 6.35. The molecule has 0 spiro atoms. The summed E-state index contributed by atoms with van der Waals surface area (Å²) in [5.74, 6) is 0.464. The second-order valence-electron chi connectivity index (χ2n) is 5.31. The van der Waals surface area contributed by atoms with Crippen molar-refractivity contribution in [2.45, 2.75) is 19.8 Å². The zero-order chi connectivity index (χ0) is 18.2. The van der Waals surface area contributed by atoms with Gasteiger partial charge in [0.05, 0.1) is 17.3 Å². The van der Waals surface area contributed by atoms with E-state index in [1.165, 1.54) is 0 Å². The van der Waals surface area contributed by atoms with Gasteiger partial charge in [-0.2, -0.15) is 5.10 Å². The molecule has 2 N–H and O–H groups in total. The molecule has 0 saturated carbocycles. The lowest BCUT2D eigenvalue weighted by molar-refractivity contribution is -0.121. The molecule has 2 aromatic rings. The number of phenols is 1. The van der Waals surface area contributed by atoms with Crippen LogP contribution in [0.4, 0.5) is 0 Å². The lowest BCUT2D eigenvalue weighted by atomic mass is 10.1. The van der Waals surface area contributed by atoms with E-state index < -0.39 is 0 Å². The summed E-state index contributed by atoms with van der Waals surface area (Å²) in [6, 6.07) is 11.6. The largest absolute Gasteiger partial charge is 0.508 e. The number of amides is 1. The summed E-state index contributed by atoms with van der Waals surface area (Å²) >= 11 is 11.8. The summed E-state index contributed by atoms with van der Waals surface area (Å²) in [6.07, 6.45) is 0.785. The SMILES string of the molecule is CC(=NNC(=O)CCCOc1ccc(Cl)cc1Cl)c1cccc(O)c1. The number of ether oxygens (including phenoxy) is 1. The highest BCUT2D eigenvalue weighted by Gasteiger charge is 2.05. The van der Waals surface area contributed by atoms with Crippen LogP contribution in [-0.2, 0) is 4.79 Å². The molecule has 0 aliphatic rings. The van der Waals surface area contributed by atoms with Crippen LogP contribution in [0.25, 0.3) is 0 Å². The van der Waals surface area contributed by atoms with Crippen LogP contribution in [0.1, 0.15) is 25.3 Å². The predicted molar refractivity (Wildman–Crippen MR) is 99.7 cm³/mol. The predicted octanol–water partition coefficient (Wildman–Crippen LogP) is 4.40. The van der Waals surface area contributed by atoms with Gasteiger partial charge < -0.3 is 9.84 Å². The van der Waals surface area contributed by atoms with Gasteiger partial charge in [-0.05, 0) is 43.7 Å². The Kier molecular flexibility index (Phi) is 7.10. The van der Waals surface area contributed by atoms with E-state index in [0.29, 0.717) is 34.5 Å². The summed E-state index contributed by atoms with van der Waals surface area (Å²) < 4.78 is 5.52. The molecule has 0 aliphatic heterocycles. The fraction of sp³-hybridized carbons (Fsp3) is 0.222. The van der Waals surface area contributed by atoms with Crippen LogP contribution < -0.4 is 10.2 Å². The molecule has 2 rings (SSSR count). The summed E-state index contributed by atoms with van der Waals surface area (Å²) in [6.45, 7) is 2.10. The van der Waals surface area contributed by atoms with Crippen LogP contribution in [-0.4, -0.2) is 23.3 Å². The van der Waals surface area contributed by atoms with Crippen LogP contribution in [0.2, 0.25) is 10.0 Å². The van der Waals surface area contributed by atoms with Crippen LogP contribution in [0, 0.1) is 0 Å². The summed E-state index contributed by atoms with van der Waals surface area (Å²) in [5, 5.41) is 14.4. The first-order valence-corrected chi connectivity index (χ1v) is 8.41. The number of halogens is 2. The van der Waals surface area contributed by atoms with E-state index in [1.807, 2.05) is 0 Å². The molecule has 0 radical (unpaired) electrons. The van der Waals surface area contributed by atoms with E-state index in [0.717, 1.165) is 5.56 Å². The van der Waals surface area contributed by atoms with Crippen molar-refractivity contribution in [3.05, 3.63) is 58.1 Å². The molecule has 0 bridgehead atoms. The monoisotopic (exact) mass is 380 g/mol. The van der Waals surface area contributed by atoms with Gasteiger partial charge in [-0.15, -0.1) is 0 Å². The molecule has 0 heterocycles. The maximum Gasteiger partial charge on any atom is 0.240 e. The maximum absolute atomic E-state index is 11.8. The summed E-state index contributed by atoms with van der Waals surface area (Å²) in [4.78, 5) is 11.8. The van der Waals surface area contributed by atoms with E-state index in [4.69, 9.17) is 27.9 Å². The first-order chi connectivity index (χ1) is 12.0. The Bertz CT molecular complexity index is 779. The second kappa shape index (κ2) is 9.30. The van der Waals surface area contributed by atoms with Crippen molar-refractivity contribution in [1.82, 2.24) is 5.43 Å². The minimum atomic E-state index is -0.217. The van der Waals surface area contributed by atoms with Gasteiger partial charge in [-0.25, -0.2) is 5.43 Å². The molecule has 2 aromatic carbocycles. The van der Waals surface area contributed by atoms with E-state index in [1.54, 1.807) is 49.4 Å². The topological polar surface area (TPSA) is 70.9 Å². The van der Waals surface area contributed by atoms with Crippen molar-refractivity contribution in [2.75, 3.05) is 6.61 Å². The van der Waals surface area contributed by atoms with Crippen molar-refractivity contribution < 1.29 is 14.6 Å². The third-order valence-corrected chi connectivity index (χ3v) is 3.84. The molecule has 132 valence electrons. The van der Waals surface area contributed by atoms with Crippen LogP contribution in [0.3, 0.4) is 0 Å². The number of nitrogens with one attached hydrogen (secondary N) is 1. The Balaban J connectivity index is 1.74. The molecular weight excluding hydrogens is 363 g/mol. The molecule has 0 aliphatic carbocycles. The van der Waals surface area contributed by atoms with Crippen LogP contribution in [0.5, 0.6) is 11.5 Å². The van der Waals surface area contributed by atoms with Gasteiger partial charge in [0.1, 0.15) is 11.5 Å². The van der Waals surface area contributed by atoms with Gasteiger partial charge in [-0.3, -0.25) is 4.79 Å². The third kappa shape index (κ3) is 6.29. The molecule has 0 atom stereocenters. The number of hydrogen-bond donors (Lipinski definition) is 2. The van der Waals surface area contributed by atoms with Gasteiger partial charge in [0.15, 0.2) is 0 Å². The van der Waals surface area contributed by atoms with Crippen molar-refractivity contribution >= 4 is 34.8 Å².